The molecule has 9 heteroatoms. The summed E-state index contributed by atoms with van der Waals surface area (Å²) >= 11 is 21.0. The molecule has 1 aromatic carbocycles. The summed E-state index contributed by atoms with van der Waals surface area (Å²) in [4.78, 5) is 11.8. The van der Waals surface area contributed by atoms with Crippen LogP contribution in [0.1, 0.15) is 10.4 Å². The molecule has 1 aromatic rings. The number of benzene rings is 1. The predicted octanol–water partition coefficient (Wildman–Crippen LogP) is 1.35. The minimum Gasteiger partial charge on any atom is -0.375 e. The average molecular weight is 323 g/mol. The standard InChI is InChI=1S/C9H8Cl2N4OS2/c10-4-1-2-5(6(11)3-4)7(16)13-9(18)15-14-8(12)17/h1-3H,(H3,12,14,17)(H2,13,15,16,18). The molecule has 0 unspecified atom stereocenters. The molecule has 0 radical (unpaired) electrons. The average Bonchev–Trinajstić information content (AvgIpc) is 2.26. The van der Waals surface area contributed by atoms with E-state index >= 15 is 0 Å². The molecule has 0 spiro atoms. The molecule has 0 aliphatic heterocycles. The lowest BCUT2D eigenvalue weighted by Gasteiger charge is -2.10. The Labute approximate surface area is 124 Å². The van der Waals surface area contributed by atoms with Crippen LogP contribution in [0, 0.1) is 0 Å². The molecule has 18 heavy (non-hydrogen) atoms. The highest BCUT2D eigenvalue weighted by atomic mass is 35.5. The Balaban J connectivity index is 2.65. The SMILES string of the molecule is NC(=S)NNC(=S)NC(=O)c1ccc(Cl)cc1Cl. The maximum absolute atomic E-state index is 11.8. The second-order valence-corrected chi connectivity index (χ2v) is 4.71. The minimum absolute atomic E-state index is 0.00359. The summed E-state index contributed by atoms with van der Waals surface area (Å²) in [5.74, 6) is -0.473. The summed E-state index contributed by atoms with van der Waals surface area (Å²) < 4.78 is 0. The number of carbonyl (C=O) groups excluding carboxylic acids is 1. The van der Waals surface area contributed by atoms with E-state index in [1.165, 1.54) is 12.1 Å². The number of halogens is 2. The zero-order chi connectivity index (χ0) is 13.7. The fourth-order valence-corrected chi connectivity index (χ4v) is 1.68. The minimum atomic E-state index is -0.473. The first-order chi connectivity index (χ1) is 8.40. The summed E-state index contributed by atoms with van der Waals surface area (Å²) in [5.41, 5.74) is 10.2. The van der Waals surface area contributed by atoms with E-state index in [9.17, 15) is 4.79 Å². The summed E-state index contributed by atoms with van der Waals surface area (Å²) in [6.07, 6.45) is 0. The van der Waals surface area contributed by atoms with Crippen LogP contribution in [0.2, 0.25) is 10.0 Å². The number of nitrogens with one attached hydrogen (secondary N) is 3. The van der Waals surface area contributed by atoms with Gasteiger partial charge in [0.15, 0.2) is 10.2 Å². The molecular weight excluding hydrogens is 315 g/mol. The molecule has 0 saturated heterocycles. The van der Waals surface area contributed by atoms with Crippen molar-refractivity contribution in [2.45, 2.75) is 0 Å². The van der Waals surface area contributed by atoms with E-state index in [0.29, 0.717) is 5.02 Å². The molecule has 0 atom stereocenters. The molecule has 96 valence electrons. The number of nitrogens with two attached hydrogens (primary N) is 1. The third-order valence-corrected chi connectivity index (χ3v) is 2.56. The third-order valence-electron chi connectivity index (χ3n) is 1.70. The normalized spacial score (nSPS) is 9.44. The van der Waals surface area contributed by atoms with Gasteiger partial charge in [-0.15, -0.1) is 0 Å². The molecule has 0 heterocycles. The lowest BCUT2D eigenvalue weighted by atomic mass is 10.2. The second kappa shape index (κ2) is 6.69. The lowest BCUT2D eigenvalue weighted by Crippen LogP contribution is -2.50. The first-order valence-electron chi connectivity index (χ1n) is 4.52. The van der Waals surface area contributed by atoms with Crippen LogP contribution in [-0.2, 0) is 0 Å². The largest absolute Gasteiger partial charge is 0.375 e. The van der Waals surface area contributed by atoms with Gasteiger partial charge in [0.05, 0.1) is 10.6 Å². The molecule has 0 bridgehead atoms. The monoisotopic (exact) mass is 322 g/mol. The van der Waals surface area contributed by atoms with Gasteiger partial charge in [0.1, 0.15) is 0 Å². The zero-order valence-electron chi connectivity index (χ0n) is 8.79. The van der Waals surface area contributed by atoms with Crippen molar-refractivity contribution in [3.8, 4) is 0 Å². The van der Waals surface area contributed by atoms with Crippen molar-refractivity contribution in [2.75, 3.05) is 0 Å². The molecule has 0 aliphatic carbocycles. The van der Waals surface area contributed by atoms with E-state index in [2.05, 4.69) is 28.4 Å². The van der Waals surface area contributed by atoms with Crippen molar-refractivity contribution in [3.05, 3.63) is 33.8 Å². The van der Waals surface area contributed by atoms with Gasteiger partial charge in [-0.05, 0) is 42.6 Å². The maximum atomic E-state index is 11.8. The van der Waals surface area contributed by atoms with E-state index in [1.54, 1.807) is 6.07 Å². The summed E-state index contributed by atoms with van der Waals surface area (Å²) in [6, 6.07) is 4.50. The number of thiocarbonyl (C=S) groups is 2. The van der Waals surface area contributed by atoms with Gasteiger partial charge in [-0.3, -0.25) is 21.0 Å². The Morgan fingerprint density at radius 3 is 2.44 bits per heavy atom. The molecule has 1 amide bonds. The van der Waals surface area contributed by atoms with E-state index in [1.807, 2.05) is 0 Å². The van der Waals surface area contributed by atoms with Gasteiger partial charge in [0.2, 0.25) is 0 Å². The molecular formula is C9H8Cl2N4OS2. The summed E-state index contributed by atoms with van der Waals surface area (Å²) in [5, 5.41) is 3.06. The van der Waals surface area contributed by atoms with E-state index in [-0.39, 0.29) is 20.8 Å². The maximum Gasteiger partial charge on any atom is 0.258 e. The van der Waals surface area contributed by atoms with E-state index in [0.717, 1.165) is 0 Å². The lowest BCUT2D eigenvalue weighted by molar-refractivity contribution is 0.0976. The molecule has 5 nitrogen and oxygen atoms in total. The first kappa shape index (κ1) is 14.9. The third kappa shape index (κ3) is 4.61. The van der Waals surface area contributed by atoms with E-state index in [4.69, 9.17) is 41.2 Å². The quantitative estimate of drug-likeness (QED) is 0.461. The smallest absolute Gasteiger partial charge is 0.258 e. The van der Waals surface area contributed by atoms with E-state index < -0.39 is 5.91 Å². The van der Waals surface area contributed by atoms with Gasteiger partial charge in [0.25, 0.3) is 5.91 Å². The van der Waals surface area contributed by atoms with Gasteiger partial charge >= 0.3 is 0 Å². The van der Waals surface area contributed by atoms with Crippen LogP contribution in [0.25, 0.3) is 0 Å². The van der Waals surface area contributed by atoms with Crippen LogP contribution in [0.5, 0.6) is 0 Å². The molecule has 0 aromatic heterocycles. The predicted molar refractivity (Wildman–Crippen MR) is 79.6 cm³/mol. The number of hydrogen-bond acceptors (Lipinski definition) is 3. The van der Waals surface area contributed by atoms with Crippen molar-refractivity contribution in [2.24, 2.45) is 5.73 Å². The van der Waals surface area contributed by atoms with Gasteiger partial charge in [0, 0.05) is 5.02 Å². The highest BCUT2D eigenvalue weighted by Crippen LogP contribution is 2.20. The Morgan fingerprint density at radius 1 is 1.22 bits per heavy atom. The van der Waals surface area contributed by atoms with Crippen molar-refractivity contribution >= 4 is 63.8 Å². The molecule has 0 saturated carbocycles. The first-order valence-corrected chi connectivity index (χ1v) is 6.09. The van der Waals surface area contributed by atoms with Gasteiger partial charge < -0.3 is 5.73 Å². The number of amides is 1. The Hall–Kier alpha value is -1.15. The molecule has 0 aliphatic rings. The Kier molecular flexibility index (Phi) is 5.54. The van der Waals surface area contributed by atoms with Crippen LogP contribution in [-0.4, -0.2) is 16.1 Å². The molecule has 0 fully saturated rings. The Bertz CT molecular complexity index is 509. The fraction of sp³-hybridized carbons (Fsp3) is 0. The van der Waals surface area contributed by atoms with Gasteiger partial charge in [-0.1, -0.05) is 23.2 Å². The highest BCUT2D eigenvalue weighted by molar-refractivity contribution is 7.80. The number of hydrogen-bond donors (Lipinski definition) is 4. The number of carbonyl (C=O) groups is 1. The number of rotatable bonds is 1. The van der Waals surface area contributed by atoms with Crippen molar-refractivity contribution < 1.29 is 4.79 Å². The Morgan fingerprint density at radius 2 is 1.89 bits per heavy atom. The highest BCUT2D eigenvalue weighted by Gasteiger charge is 2.11. The zero-order valence-corrected chi connectivity index (χ0v) is 11.9. The van der Waals surface area contributed by atoms with Crippen LogP contribution in [0.4, 0.5) is 0 Å². The topological polar surface area (TPSA) is 79.2 Å². The van der Waals surface area contributed by atoms with Crippen molar-refractivity contribution in [1.29, 1.82) is 0 Å². The summed E-state index contributed by atoms with van der Waals surface area (Å²) in [7, 11) is 0. The van der Waals surface area contributed by atoms with Gasteiger partial charge in [-0.25, -0.2) is 0 Å². The van der Waals surface area contributed by atoms with Crippen molar-refractivity contribution in [1.82, 2.24) is 16.2 Å². The van der Waals surface area contributed by atoms with Crippen LogP contribution < -0.4 is 21.9 Å². The molecule has 1 rings (SSSR count). The van der Waals surface area contributed by atoms with Crippen LogP contribution in [0.15, 0.2) is 18.2 Å². The second-order valence-electron chi connectivity index (χ2n) is 3.02. The van der Waals surface area contributed by atoms with Crippen molar-refractivity contribution in [3.63, 3.8) is 0 Å². The number of hydrazine groups is 1. The molecule has 5 N–H and O–H groups in total. The van der Waals surface area contributed by atoms with Crippen LogP contribution >= 0.6 is 47.6 Å². The summed E-state index contributed by atoms with van der Waals surface area (Å²) in [6.45, 7) is 0. The fourth-order valence-electron chi connectivity index (χ4n) is 0.994. The van der Waals surface area contributed by atoms with Gasteiger partial charge in [-0.2, -0.15) is 0 Å². The van der Waals surface area contributed by atoms with Crippen LogP contribution in [0.3, 0.4) is 0 Å².